The van der Waals surface area contributed by atoms with Crippen LogP contribution in [0.3, 0.4) is 0 Å². The SMILES string of the molecule is O=C(NCCN1CCNC1=O)[C@@H]1C[C@H](COc2ccc3c(c2)CCC3)CN(Cc2ccc3ccccc3c2)C1. The van der Waals surface area contributed by atoms with Crippen LogP contribution in [0.25, 0.3) is 10.8 Å². The Bertz CT molecular complexity index is 1340. The number of urea groups is 1. The first kappa shape index (κ1) is 25.7. The number of nitrogens with one attached hydrogen (secondary N) is 2. The van der Waals surface area contributed by atoms with Crippen molar-refractivity contribution in [3.63, 3.8) is 0 Å². The van der Waals surface area contributed by atoms with E-state index < -0.39 is 0 Å². The molecule has 2 fully saturated rings. The Labute approximate surface area is 230 Å². The number of ether oxygens (including phenoxy) is 1. The Hall–Kier alpha value is -3.58. The van der Waals surface area contributed by atoms with E-state index in [1.807, 2.05) is 0 Å². The number of carbonyl (C=O) groups excluding carboxylic acids is 2. The minimum atomic E-state index is -0.111. The van der Waals surface area contributed by atoms with Gasteiger partial charge in [0.1, 0.15) is 5.75 Å². The lowest BCUT2D eigenvalue weighted by atomic mass is 9.88. The van der Waals surface area contributed by atoms with Gasteiger partial charge in [-0.25, -0.2) is 4.79 Å². The van der Waals surface area contributed by atoms with Gasteiger partial charge in [0.25, 0.3) is 0 Å². The lowest BCUT2D eigenvalue weighted by Gasteiger charge is -2.37. The molecule has 1 aliphatic carbocycles. The van der Waals surface area contributed by atoms with Crippen molar-refractivity contribution >= 4 is 22.7 Å². The Morgan fingerprint density at radius 2 is 1.87 bits per heavy atom. The zero-order valence-corrected chi connectivity index (χ0v) is 22.5. The first-order valence-electron chi connectivity index (χ1n) is 14.4. The number of benzene rings is 3. The van der Waals surface area contributed by atoms with E-state index >= 15 is 0 Å². The number of fused-ring (bicyclic) bond motifs is 2. The van der Waals surface area contributed by atoms with Gasteiger partial charge in [-0.1, -0.05) is 42.5 Å². The fraction of sp³-hybridized carbons (Fsp3) is 0.438. The number of hydrogen-bond donors (Lipinski definition) is 2. The van der Waals surface area contributed by atoms with Crippen LogP contribution in [0.5, 0.6) is 5.75 Å². The molecule has 0 bridgehead atoms. The van der Waals surface area contributed by atoms with E-state index in [1.54, 1.807) is 4.90 Å². The number of rotatable bonds is 9. The fourth-order valence-electron chi connectivity index (χ4n) is 6.37. The number of carbonyl (C=O) groups is 2. The molecule has 2 atom stereocenters. The number of aryl methyl sites for hydroxylation is 2. The Kier molecular flexibility index (Phi) is 7.68. The molecule has 6 rings (SSSR count). The standard InChI is InChI=1S/C32H38N4O3/c37-31(33-12-14-36-15-13-34-32(36)38)29-17-24(22-39-30-11-10-26-6-3-7-28(26)18-30)20-35(21-29)19-23-8-9-25-4-1-2-5-27(25)16-23/h1-2,4-5,8-11,16,18,24,29H,3,6-7,12-15,17,19-22H2,(H,33,37)(H,34,38)/t24-,29+/m0/s1. The van der Waals surface area contributed by atoms with Crippen LogP contribution in [0, 0.1) is 11.8 Å². The van der Waals surface area contributed by atoms with Gasteiger partial charge in [0.15, 0.2) is 0 Å². The molecule has 3 aromatic carbocycles. The molecule has 0 unspecified atom stereocenters. The monoisotopic (exact) mass is 526 g/mol. The molecule has 3 amide bonds. The summed E-state index contributed by atoms with van der Waals surface area (Å²) in [7, 11) is 0. The van der Waals surface area contributed by atoms with Crippen molar-refractivity contribution in [1.82, 2.24) is 20.4 Å². The van der Waals surface area contributed by atoms with Gasteiger partial charge < -0.3 is 20.3 Å². The Morgan fingerprint density at radius 3 is 2.74 bits per heavy atom. The first-order valence-corrected chi connectivity index (χ1v) is 14.4. The van der Waals surface area contributed by atoms with Crippen molar-refractivity contribution in [2.24, 2.45) is 11.8 Å². The highest BCUT2D eigenvalue weighted by Crippen LogP contribution is 2.29. The van der Waals surface area contributed by atoms with Crippen molar-refractivity contribution in [2.45, 2.75) is 32.2 Å². The van der Waals surface area contributed by atoms with Gasteiger partial charge in [0.2, 0.25) is 5.91 Å². The molecular weight excluding hydrogens is 488 g/mol. The van der Waals surface area contributed by atoms with Gasteiger partial charge in [0, 0.05) is 51.7 Å². The quantitative estimate of drug-likeness (QED) is 0.442. The summed E-state index contributed by atoms with van der Waals surface area (Å²) in [6.45, 7) is 5.40. The molecule has 2 heterocycles. The van der Waals surface area contributed by atoms with E-state index in [0.29, 0.717) is 32.8 Å². The van der Waals surface area contributed by atoms with Gasteiger partial charge in [0.05, 0.1) is 12.5 Å². The molecule has 2 saturated heterocycles. The summed E-state index contributed by atoms with van der Waals surface area (Å²) in [5, 5.41) is 8.39. The summed E-state index contributed by atoms with van der Waals surface area (Å²) in [6, 6.07) is 21.5. The topological polar surface area (TPSA) is 73.9 Å². The summed E-state index contributed by atoms with van der Waals surface area (Å²) < 4.78 is 6.31. The second-order valence-corrected chi connectivity index (χ2v) is 11.3. The van der Waals surface area contributed by atoms with Crippen molar-refractivity contribution < 1.29 is 14.3 Å². The van der Waals surface area contributed by atoms with E-state index in [2.05, 4.69) is 76.2 Å². The van der Waals surface area contributed by atoms with E-state index in [0.717, 1.165) is 38.2 Å². The van der Waals surface area contributed by atoms with Gasteiger partial charge in [-0.05, 0) is 71.3 Å². The largest absolute Gasteiger partial charge is 0.493 e. The third-order valence-corrected chi connectivity index (χ3v) is 8.39. The average Bonchev–Trinajstić information content (AvgIpc) is 3.60. The summed E-state index contributed by atoms with van der Waals surface area (Å²) in [4.78, 5) is 29.3. The van der Waals surface area contributed by atoms with Gasteiger partial charge in [-0.15, -0.1) is 0 Å². The molecular formula is C32H38N4O3. The third kappa shape index (κ3) is 6.19. The van der Waals surface area contributed by atoms with Crippen LogP contribution < -0.4 is 15.4 Å². The van der Waals surface area contributed by atoms with Crippen molar-refractivity contribution in [3.8, 4) is 5.75 Å². The van der Waals surface area contributed by atoms with E-state index in [4.69, 9.17) is 4.74 Å². The lowest BCUT2D eigenvalue weighted by molar-refractivity contribution is -0.127. The fourth-order valence-corrected chi connectivity index (χ4v) is 6.37. The minimum Gasteiger partial charge on any atom is -0.493 e. The van der Waals surface area contributed by atoms with E-state index in [1.165, 1.54) is 40.3 Å². The second kappa shape index (κ2) is 11.7. The van der Waals surface area contributed by atoms with E-state index in [-0.39, 0.29) is 23.8 Å². The molecule has 2 N–H and O–H groups in total. The highest BCUT2D eigenvalue weighted by molar-refractivity contribution is 5.83. The van der Waals surface area contributed by atoms with Gasteiger partial charge in [-0.2, -0.15) is 0 Å². The number of piperidine rings is 1. The maximum Gasteiger partial charge on any atom is 0.317 e. The first-order chi connectivity index (χ1) is 19.1. The number of hydrogen-bond acceptors (Lipinski definition) is 4. The average molecular weight is 527 g/mol. The maximum absolute atomic E-state index is 13.3. The molecule has 3 aliphatic rings. The van der Waals surface area contributed by atoms with Gasteiger partial charge >= 0.3 is 6.03 Å². The van der Waals surface area contributed by atoms with Crippen LogP contribution in [0.4, 0.5) is 4.79 Å². The number of likely N-dealkylation sites (tertiary alicyclic amines) is 1. The van der Waals surface area contributed by atoms with Crippen LogP contribution in [0.1, 0.15) is 29.5 Å². The number of nitrogens with zero attached hydrogens (tertiary/aromatic N) is 2. The smallest absolute Gasteiger partial charge is 0.317 e. The minimum absolute atomic E-state index is 0.0488. The van der Waals surface area contributed by atoms with E-state index in [9.17, 15) is 9.59 Å². The second-order valence-electron chi connectivity index (χ2n) is 11.3. The zero-order chi connectivity index (χ0) is 26.6. The van der Waals surface area contributed by atoms with Crippen LogP contribution in [-0.2, 0) is 24.2 Å². The maximum atomic E-state index is 13.3. The molecule has 0 spiro atoms. The Balaban J connectivity index is 1.11. The molecule has 3 aromatic rings. The third-order valence-electron chi connectivity index (χ3n) is 8.39. The van der Waals surface area contributed by atoms with Crippen LogP contribution in [0.2, 0.25) is 0 Å². The van der Waals surface area contributed by atoms with Crippen LogP contribution in [-0.4, -0.2) is 67.6 Å². The molecule has 2 aliphatic heterocycles. The summed E-state index contributed by atoms with van der Waals surface area (Å²) in [5.74, 6) is 1.15. The van der Waals surface area contributed by atoms with Crippen LogP contribution in [0.15, 0.2) is 60.7 Å². The molecule has 7 heteroatoms. The summed E-state index contributed by atoms with van der Waals surface area (Å²) in [6.07, 6.45) is 4.33. The number of amides is 3. The summed E-state index contributed by atoms with van der Waals surface area (Å²) >= 11 is 0. The molecule has 7 nitrogen and oxygen atoms in total. The normalized spacial score (nSPS) is 21.1. The molecule has 0 aromatic heterocycles. The van der Waals surface area contributed by atoms with Gasteiger partial charge in [-0.3, -0.25) is 9.69 Å². The highest BCUT2D eigenvalue weighted by Gasteiger charge is 2.32. The van der Waals surface area contributed by atoms with Crippen molar-refractivity contribution in [1.29, 1.82) is 0 Å². The predicted molar refractivity (Wildman–Crippen MR) is 153 cm³/mol. The summed E-state index contributed by atoms with van der Waals surface area (Å²) in [5.41, 5.74) is 4.12. The molecule has 0 radical (unpaired) electrons. The molecule has 0 saturated carbocycles. The molecule has 39 heavy (non-hydrogen) atoms. The van der Waals surface area contributed by atoms with Crippen molar-refractivity contribution in [3.05, 3.63) is 77.4 Å². The predicted octanol–water partition coefficient (Wildman–Crippen LogP) is 3.99. The van der Waals surface area contributed by atoms with Crippen LogP contribution >= 0.6 is 0 Å². The molecule has 204 valence electrons. The zero-order valence-electron chi connectivity index (χ0n) is 22.5. The highest BCUT2D eigenvalue weighted by atomic mass is 16.5. The van der Waals surface area contributed by atoms with Crippen molar-refractivity contribution in [2.75, 3.05) is 45.9 Å². The lowest BCUT2D eigenvalue weighted by Crippen LogP contribution is -2.48. The Morgan fingerprint density at radius 1 is 1.00 bits per heavy atom.